The zero-order valence-corrected chi connectivity index (χ0v) is 13.9. The van der Waals surface area contributed by atoms with Gasteiger partial charge in [0.1, 0.15) is 10.0 Å². The number of nitrogens with one attached hydrogen (secondary N) is 1. The number of rotatable bonds is 5. The van der Waals surface area contributed by atoms with Crippen molar-refractivity contribution in [1.29, 1.82) is 0 Å². The molecular weight excluding hydrogens is 353 g/mol. The van der Waals surface area contributed by atoms with Gasteiger partial charge in [0.05, 0.1) is 4.88 Å². The molecule has 0 bridgehead atoms. The lowest BCUT2D eigenvalue weighted by molar-refractivity contribution is 0.509. The first-order chi connectivity index (χ1) is 11.5. The number of hydrogen-bond donors (Lipinski definition) is 1. The van der Waals surface area contributed by atoms with Crippen LogP contribution in [-0.4, -0.2) is 18.6 Å². The van der Waals surface area contributed by atoms with Gasteiger partial charge in [-0.05, 0) is 49.2 Å². The Balaban J connectivity index is 1.57. The molecule has 0 atom stereocenters. The predicted octanol–water partition coefficient (Wildman–Crippen LogP) is 3.62. The summed E-state index contributed by atoms with van der Waals surface area (Å²) in [6.45, 7) is 0. The van der Waals surface area contributed by atoms with Gasteiger partial charge in [0.2, 0.25) is 5.89 Å². The van der Waals surface area contributed by atoms with Gasteiger partial charge in [-0.1, -0.05) is 0 Å². The Labute approximate surface area is 141 Å². The second kappa shape index (κ2) is 5.67. The summed E-state index contributed by atoms with van der Waals surface area (Å²) in [6, 6.07) is 8.22. The van der Waals surface area contributed by atoms with Crippen LogP contribution in [0.2, 0.25) is 0 Å². The summed E-state index contributed by atoms with van der Waals surface area (Å²) < 4.78 is 45.8. The van der Waals surface area contributed by atoms with Crippen LogP contribution in [0.3, 0.4) is 0 Å². The Bertz CT molecular complexity index is 976. The first kappa shape index (κ1) is 15.3. The summed E-state index contributed by atoms with van der Waals surface area (Å²) in [7, 11) is -3.75. The summed E-state index contributed by atoms with van der Waals surface area (Å²) in [5.74, 6) is 0.839. The van der Waals surface area contributed by atoms with E-state index < -0.39 is 15.8 Å². The fourth-order valence-corrected chi connectivity index (χ4v) is 4.42. The summed E-state index contributed by atoms with van der Waals surface area (Å²) in [4.78, 5) is 0.592. The molecule has 1 fully saturated rings. The molecule has 24 heavy (non-hydrogen) atoms. The highest BCUT2D eigenvalue weighted by Crippen LogP contribution is 2.40. The maximum atomic E-state index is 12.9. The van der Waals surface area contributed by atoms with E-state index in [0.29, 0.717) is 28.3 Å². The number of sulfonamides is 1. The predicted molar refractivity (Wildman–Crippen MR) is 86.8 cm³/mol. The van der Waals surface area contributed by atoms with Crippen LogP contribution in [-0.2, 0) is 10.0 Å². The van der Waals surface area contributed by atoms with Gasteiger partial charge in [-0.3, -0.25) is 4.72 Å². The second-order valence-electron chi connectivity index (χ2n) is 5.45. The number of hydrogen-bond acceptors (Lipinski definition) is 6. The highest BCUT2D eigenvalue weighted by atomic mass is 32.2. The van der Waals surface area contributed by atoms with E-state index in [4.69, 9.17) is 4.42 Å². The molecule has 1 N–H and O–H groups in total. The van der Waals surface area contributed by atoms with Gasteiger partial charge in [0, 0.05) is 11.6 Å². The molecule has 124 valence electrons. The van der Waals surface area contributed by atoms with E-state index in [0.717, 1.165) is 24.2 Å². The molecule has 2 aromatic heterocycles. The lowest BCUT2D eigenvalue weighted by atomic mass is 10.3. The SMILES string of the molecule is O=S(=O)(Nc1ccc(F)cc1)c1ccc(-c2nnc(C3CC3)o2)s1. The van der Waals surface area contributed by atoms with E-state index in [1.165, 1.54) is 30.3 Å². The largest absolute Gasteiger partial charge is 0.420 e. The molecule has 3 aromatic rings. The molecule has 1 saturated carbocycles. The zero-order valence-electron chi connectivity index (χ0n) is 12.3. The molecule has 1 aliphatic rings. The van der Waals surface area contributed by atoms with E-state index in [2.05, 4.69) is 14.9 Å². The fourth-order valence-electron chi connectivity index (χ4n) is 2.13. The van der Waals surface area contributed by atoms with Crippen LogP contribution in [0.1, 0.15) is 24.7 Å². The van der Waals surface area contributed by atoms with Crippen LogP contribution in [0, 0.1) is 5.82 Å². The smallest absolute Gasteiger partial charge is 0.271 e. The van der Waals surface area contributed by atoms with Gasteiger partial charge in [-0.15, -0.1) is 21.5 Å². The molecule has 2 heterocycles. The lowest BCUT2D eigenvalue weighted by Crippen LogP contribution is -2.11. The Morgan fingerprint density at radius 1 is 1.12 bits per heavy atom. The van der Waals surface area contributed by atoms with E-state index >= 15 is 0 Å². The number of benzene rings is 1. The standard InChI is InChI=1S/C15H12FN3O3S2/c16-10-3-5-11(6-4-10)19-24(20,21)13-8-7-12(23-13)15-18-17-14(22-15)9-1-2-9/h3-9,19H,1-2H2. The fraction of sp³-hybridized carbons (Fsp3) is 0.200. The van der Waals surface area contributed by atoms with E-state index in [9.17, 15) is 12.8 Å². The number of anilines is 1. The normalized spacial score (nSPS) is 14.7. The molecule has 0 spiro atoms. The van der Waals surface area contributed by atoms with Crippen LogP contribution in [0.15, 0.2) is 45.0 Å². The first-order valence-corrected chi connectivity index (χ1v) is 9.53. The molecule has 0 unspecified atom stereocenters. The second-order valence-corrected chi connectivity index (χ2v) is 8.44. The number of halogens is 1. The number of aromatic nitrogens is 2. The Hall–Kier alpha value is -2.26. The Morgan fingerprint density at radius 2 is 1.88 bits per heavy atom. The molecule has 0 amide bonds. The molecule has 1 aliphatic carbocycles. The van der Waals surface area contributed by atoms with E-state index in [1.807, 2.05) is 0 Å². The summed E-state index contributed by atoms with van der Waals surface area (Å²) >= 11 is 1.04. The average Bonchev–Trinajstić information content (AvgIpc) is 3.09. The van der Waals surface area contributed by atoms with Gasteiger partial charge in [0.15, 0.2) is 0 Å². The van der Waals surface area contributed by atoms with Gasteiger partial charge in [0.25, 0.3) is 15.9 Å². The first-order valence-electron chi connectivity index (χ1n) is 7.23. The van der Waals surface area contributed by atoms with Crippen molar-refractivity contribution in [1.82, 2.24) is 10.2 Å². The van der Waals surface area contributed by atoms with Crippen LogP contribution in [0.25, 0.3) is 10.8 Å². The Kier molecular flexibility index (Phi) is 3.61. The van der Waals surface area contributed by atoms with Gasteiger partial charge < -0.3 is 4.42 Å². The van der Waals surface area contributed by atoms with Crippen molar-refractivity contribution in [2.75, 3.05) is 4.72 Å². The summed E-state index contributed by atoms with van der Waals surface area (Å²) in [5, 5.41) is 7.97. The molecule has 1 aromatic carbocycles. The van der Waals surface area contributed by atoms with Crippen molar-refractivity contribution < 1.29 is 17.2 Å². The third-order valence-electron chi connectivity index (χ3n) is 3.52. The topological polar surface area (TPSA) is 85.1 Å². The molecule has 0 aliphatic heterocycles. The van der Waals surface area contributed by atoms with Gasteiger partial charge in [-0.2, -0.15) is 0 Å². The number of thiophene rings is 1. The van der Waals surface area contributed by atoms with Crippen molar-refractivity contribution in [3.05, 3.63) is 48.1 Å². The third-order valence-corrected chi connectivity index (χ3v) is 6.47. The summed E-state index contributed by atoms with van der Waals surface area (Å²) in [5.41, 5.74) is 0.292. The van der Waals surface area contributed by atoms with E-state index in [1.54, 1.807) is 6.07 Å². The minimum atomic E-state index is -3.75. The molecule has 0 saturated heterocycles. The molecule has 6 nitrogen and oxygen atoms in total. The quantitative estimate of drug-likeness (QED) is 0.746. The van der Waals surface area contributed by atoms with Crippen molar-refractivity contribution in [2.45, 2.75) is 23.0 Å². The van der Waals surface area contributed by atoms with Crippen LogP contribution >= 0.6 is 11.3 Å². The van der Waals surface area contributed by atoms with Crippen molar-refractivity contribution in [2.24, 2.45) is 0 Å². The van der Waals surface area contributed by atoms with Gasteiger partial charge in [-0.25, -0.2) is 12.8 Å². The highest BCUT2D eigenvalue weighted by Gasteiger charge is 2.30. The Morgan fingerprint density at radius 3 is 2.58 bits per heavy atom. The highest BCUT2D eigenvalue weighted by molar-refractivity contribution is 7.94. The van der Waals surface area contributed by atoms with Crippen molar-refractivity contribution in [3.8, 4) is 10.8 Å². The maximum absolute atomic E-state index is 12.9. The lowest BCUT2D eigenvalue weighted by Gasteiger charge is -2.05. The minimum Gasteiger partial charge on any atom is -0.420 e. The van der Waals surface area contributed by atoms with Gasteiger partial charge >= 0.3 is 0 Å². The molecule has 9 heteroatoms. The monoisotopic (exact) mass is 365 g/mol. The minimum absolute atomic E-state index is 0.119. The molecular formula is C15H12FN3O3S2. The van der Waals surface area contributed by atoms with Crippen molar-refractivity contribution >= 4 is 27.0 Å². The van der Waals surface area contributed by atoms with Crippen LogP contribution in [0.5, 0.6) is 0 Å². The van der Waals surface area contributed by atoms with E-state index in [-0.39, 0.29) is 4.21 Å². The third kappa shape index (κ3) is 3.04. The molecule has 0 radical (unpaired) electrons. The maximum Gasteiger partial charge on any atom is 0.271 e. The molecule has 4 rings (SSSR count). The zero-order chi connectivity index (χ0) is 16.7. The number of nitrogens with zero attached hydrogens (tertiary/aromatic N) is 2. The van der Waals surface area contributed by atoms with Crippen LogP contribution < -0.4 is 4.72 Å². The van der Waals surface area contributed by atoms with Crippen molar-refractivity contribution in [3.63, 3.8) is 0 Å². The van der Waals surface area contributed by atoms with Crippen LogP contribution in [0.4, 0.5) is 10.1 Å². The summed E-state index contributed by atoms with van der Waals surface area (Å²) in [6.07, 6.45) is 2.10. The average molecular weight is 365 g/mol.